The molecule has 0 unspecified atom stereocenters. The van der Waals surface area contributed by atoms with E-state index in [-0.39, 0.29) is 30.8 Å². The zero-order valence-corrected chi connectivity index (χ0v) is 12.2. The SMILES string of the molecule is CCc1ccc(S(=O)(=O)N(CCC#N)CCC#N)cc1. The highest BCUT2D eigenvalue weighted by Crippen LogP contribution is 2.17. The van der Waals surface area contributed by atoms with Gasteiger partial charge in [-0.3, -0.25) is 0 Å². The van der Waals surface area contributed by atoms with Crippen LogP contribution >= 0.6 is 0 Å². The average Bonchev–Trinajstić information content (AvgIpc) is 2.47. The van der Waals surface area contributed by atoms with E-state index in [0.717, 1.165) is 12.0 Å². The summed E-state index contributed by atoms with van der Waals surface area (Å²) in [7, 11) is -3.64. The Bertz CT molecular complexity index is 591. The highest BCUT2D eigenvalue weighted by molar-refractivity contribution is 7.89. The van der Waals surface area contributed by atoms with E-state index < -0.39 is 10.0 Å². The first kappa shape index (κ1) is 16.2. The van der Waals surface area contributed by atoms with Crippen LogP contribution in [0.25, 0.3) is 0 Å². The minimum absolute atomic E-state index is 0.107. The van der Waals surface area contributed by atoms with Crippen molar-refractivity contribution in [1.82, 2.24) is 4.31 Å². The lowest BCUT2D eigenvalue weighted by Crippen LogP contribution is -2.32. The van der Waals surface area contributed by atoms with Gasteiger partial charge in [-0.1, -0.05) is 19.1 Å². The Labute approximate surface area is 120 Å². The molecule has 1 aromatic rings. The van der Waals surface area contributed by atoms with Gasteiger partial charge in [0.25, 0.3) is 0 Å². The van der Waals surface area contributed by atoms with Gasteiger partial charge in [-0.25, -0.2) is 8.42 Å². The number of nitrogens with zero attached hydrogens (tertiary/aromatic N) is 3. The third-order valence-corrected chi connectivity index (χ3v) is 4.83. The number of sulfonamides is 1. The van der Waals surface area contributed by atoms with E-state index in [1.807, 2.05) is 19.1 Å². The van der Waals surface area contributed by atoms with Gasteiger partial charge in [0.1, 0.15) is 0 Å². The molecule has 0 spiro atoms. The Kier molecular flexibility index (Phi) is 6.17. The number of hydrogen-bond donors (Lipinski definition) is 0. The predicted molar refractivity (Wildman–Crippen MR) is 75.0 cm³/mol. The molecular formula is C14H17N3O2S. The molecule has 0 atom stereocenters. The summed E-state index contributed by atoms with van der Waals surface area (Å²) in [6.45, 7) is 2.21. The van der Waals surface area contributed by atoms with Gasteiger partial charge in [-0.15, -0.1) is 0 Å². The van der Waals surface area contributed by atoms with Gasteiger partial charge in [-0.05, 0) is 24.1 Å². The Hall–Kier alpha value is -1.89. The Morgan fingerprint density at radius 1 is 1.05 bits per heavy atom. The molecule has 1 rings (SSSR count). The number of hydrogen-bond acceptors (Lipinski definition) is 4. The van der Waals surface area contributed by atoms with E-state index in [1.165, 1.54) is 4.31 Å². The van der Waals surface area contributed by atoms with Crippen LogP contribution in [0.1, 0.15) is 25.3 Å². The molecule has 0 saturated carbocycles. The van der Waals surface area contributed by atoms with E-state index in [0.29, 0.717) is 0 Å². The molecule has 5 nitrogen and oxygen atoms in total. The standard InChI is InChI=1S/C14H17N3O2S/c1-2-13-5-7-14(8-6-13)20(18,19)17(11-3-9-15)12-4-10-16/h5-8H,2-4,11-12H2,1H3. The van der Waals surface area contributed by atoms with E-state index in [9.17, 15) is 8.42 Å². The van der Waals surface area contributed by atoms with Crippen molar-refractivity contribution in [3.8, 4) is 12.1 Å². The van der Waals surface area contributed by atoms with Crippen LogP contribution in [0, 0.1) is 22.7 Å². The Morgan fingerprint density at radius 2 is 1.55 bits per heavy atom. The topological polar surface area (TPSA) is 85.0 Å². The summed E-state index contributed by atoms with van der Waals surface area (Å²) >= 11 is 0. The molecule has 0 aromatic heterocycles. The second-order valence-electron chi connectivity index (χ2n) is 4.22. The monoisotopic (exact) mass is 291 g/mol. The average molecular weight is 291 g/mol. The quantitative estimate of drug-likeness (QED) is 0.769. The molecule has 6 heteroatoms. The van der Waals surface area contributed by atoms with Gasteiger partial charge in [0.15, 0.2) is 0 Å². The highest BCUT2D eigenvalue weighted by atomic mass is 32.2. The van der Waals surface area contributed by atoms with Gasteiger partial charge in [0.2, 0.25) is 10.0 Å². The summed E-state index contributed by atoms with van der Waals surface area (Å²) in [5.74, 6) is 0. The van der Waals surface area contributed by atoms with Crippen LogP contribution in [-0.4, -0.2) is 25.8 Å². The second kappa shape index (κ2) is 7.64. The second-order valence-corrected chi connectivity index (χ2v) is 6.16. The van der Waals surface area contributed by atoms with Crippen molar-refractivity contribution in [3.05, 3.63) is 29.8 Å². The van der Waals surface area contributed by atoms with E-state index in [2.05, 4.69) is 0 Å². The van der Waals surface area contributed by atoms with Crippen molar-refractivity contribution in [2.24, 2.45) is 0 Å². The van der Waals surface area contributed by atoms with Gasteiger partial charge >= 0.3 is 0 Å². The van der Waals surface area contributed by atoms with Crippen LogP contribution in [0.3, 0.4) is 0 Å². The number of nitriles is 2. The van der Waals surface area contributed by atoms with Gasteiger partial charge < -0.3 is 0 Å². The van der Waals surface area contributed by atoms with Gasteiger partial charge in [-0.2, -0.15) is 14.8 Å². The molecule has 0 saturated heterocycles. The minimum Gasteiger partial charge on any atom is -0.207 e. The maximum absolute atomic E-state index is 12.5. The molecule has 0 N–H and O–H groups in total. The summed E-state index contributed by atoms with van der Waals surface area (Å²) in [5.41, 5.74) is 1.06. The van der Waals surface area contributed by atoms with E-state index in [1.54, 1.807) is 24.3 Å². The Balaban J connectivity index is 3.01. The third-order valence-electron chi connectivity index (χ3n) is 2.92. The van der Waals surface area contributed by atoms with Gasteiger partial charge in [0.05, 0.1) is 17.0 Å². The van der Waals surface area contributed by atoms with Crippen molar-refractivity contribution in [1.29, 1.82) is 10.5 Å². The lowest BCUT2D eigenvalue weighted by molar-refractivity contribution is 0.425. The van der Waals surface area contributed by atoms with Crippen LogP contribution in [-0.2, 0) is 16.4 Å². The minimum atomic E-state index is -3.64. The molecule has 0 aliphatic heterocycles. The van der Waals surface area contributed by atoms with E-state index in [4.69, 9.17) is 10.5 Å². The number of rotatable bonds is 7. The third kappa shape index (κ3) is 4.06. The van der Waals surface area contributed by atoms with Crippen molar-refractivity contribution in [2.45, 2.75) is 31.1 Å². The van der Waals surface area contributed by atoms with Crippen molar-refractivity contribution >= 4 is 10.0 Å². The maximum atomic E-state index is 12.5. The van der Waals surface area contributed by atoms with Crippen LogP contribution < -0.4 is 0 Å². The molecule has 0 aliphatic carbocycles. The summed E-state index contributed by atoms with van der Waals surface area (Å²) in [4.78, 5) is 0.200. The number of aryl methyl sites for hydroxylation is 1. The predicted octanol–water partition coefficient (Wildman–Crippen LogP) is 2.07. The summed E-state index contributed by atoms with van der Waals surface area (Å²) in [6.07, 6.45) is 1.06. The van der Waals surface area contributed by atoms with Crippen LogP contribution in [0.4, 0.5) is 0 Å². The molecule has 0 amide bonds. The van der Waals surface area contributed by atoms with Gasteiger partial charge in [0, 0.05) is 25.9 Å². The normalized spacial score (nSPS) is 11.0. The fourth-order valence-electron chi connectivity index (χ4n) is 1.75. The van der Waals surface area contributed by atoms with Crippen LogP contribution in [0.15, 0.2) is 29.2 Å². The molecular weight excluding hydrogens is 274 g/mol. The molecule has 0 radical (unpaired) electrons. The zero-order valence-electron chi connectivity index (χ0n) is 11.4. The molecule has 1 aromatic carbocycles. The fraction of sp³-hybridized carbons (Fsp3) is 0.429. The molecule has 0 aliphatic rings. The Morgan fingerprint density at radius 3 is 1.95 bits per heavy atom. The van der Waals surface area contributed by atoms with E-state index >= 15 is 0 Å². The first-order chi connectivity index (χ1) is 9.56. The number of benzene rings is 1. The fourth-order valence-corrected chi connectivity index (χ4v) is 3.19. The van der Waals surface area contributed by atoms with Crippen molar-refractivity contribution in [2.75, 3.05) is 13.1 Å². The first-order valence-corrected chi connectivity index (χ1v) is 7.83. The maximum Gasteiger partial charge on any atom is 0.243 e. The summed E-state index contributed by atoms with van der Waals surface area (Å²) < 4.78 is 26.1. The highest BCUT2D eigenvalue weighted by Gasteiger charge is 2.23. The summed E-state index contributed by atoms with van der Waals surface area (Å²) in [5, 5.41) is 17.2. The van der Waals surface area contributed by atoms with Crippen molar-refractivity contribution in [3.63, 3.8) is 0 Å². The lowest BCUT2D eigenvalue weighted by atomic mass is 10.2. The molecule has 0 fully saturated rings. The largest absolute Gasteiger partial charge is 0.243 e. The molecule has 106 valence electrons. The molecule has 0 bridgehead atoms. The first-order valence-electron chi connectivity index (χ1n) is 6.39. The van der Waals surface area contributed by atoms with Crippen molar-refractivity contribution < 1.29 is 8.42 Å². The summed E-state index contributed by atoms with van der Waals surface area (Å²) in [6, 6.07) is 10.5. The smallest absolute Gasteiger partial charge is 0.207 e. The lowest BCUT2D eigenvalue weighted by Gasteiger charge is -2.20. The molecule has 20 heavy (non-hydrogen) atoms. The zero-order chi connectivity index (χ0) is 15.0. The van der Waals surface area contributed by atoms with Crippen LogP contribution in [0.5, 0.6) is 0 Å². The molecule has 0 heterocycles. The van der Waals surface area contributed by atoms with Crippen LogP contribution in [0.2, 0.25) is 0 Å².